The van der Waals surface area contributed by atoms with Crippen molar-refractivity contribution in [1.29, 1.82) is 5.26 Å². The molecule has 0 aliphatic rings. The Balaban J connectivity index is 2.67. The average Bonchev–Trinajstić information content (AvgIpc) is 2.26. The Bertz CT molecular complexity index is 351. The molecule has 4 heteroatoms. The minimum absolute atomic E-state index is 0.225. The van der Waals surface area contributed by atoms with Crippen molar-refractivity contribution in [1.82, 2.24) is 0 Å². The van der Waals surface area contributed by atoms with E-state index in [1.165, 1.54) is 0 Å². The highest BCUT2D eigenvalue weighted by molar-refractivity contribution is 5.89. The van der Waals surface area contributed by atoms with E-state index in [2.05, 4.69) is 4.74 Å². The zero-order chi connectivity index (χ0) is 10.4. The molecule has 0 atom stereocenters. The van der Waals surface area contributed by atoms with Gasteiger partial charge < -0.3 is 10.5 Å². The number of hydrogen-bond acceptors (Lipinski definition) is 4. The molecule has 2 N–H and O–H groups in total. The smallest absolute Gasteiger partial charge is 0.339 e. The van der Waals surface area contributed by atoms with Crippen LogP contribution < -0.4 is 5.73 Å². The molecule has 14 heavy (non-hydrogen) atoms. The summed E-state index contributed by atoms with van der Waals surface area (Å²) in [5, 5.41) is 8.20. The molecule has 0 heterocycles. The summed E-state index contributed by atoms with van der Waals surface area (Å²) >= 11 is 0. The highest BCUT2D eigenvalue weighted by Crippen LogP contribution is 2.05. The Morgan fingerprint density at radius 1 is 1.43 bits per heavy atom. The summed E-state index contributed by atoms with van der Waals surface area (Å²) in [5.74, 6) is -0.491. The van der Waals surface area contributed by atoms with Gasteiger partial charge in [-0.3, -0.25) is 0 Å². The van der Waals surface area contributed by atoms with Crippen LogP contribution in [0.2, 0.25) is 0 Å². The number of benzene rings is 1. The number of rotatable bonds is 3. The van der Waals surface area contributed by atoms with Gasteiger partial charge >= 0.3 is 5.97 Å². The van der Waals surface area contributed by atoms with Crippen molar-refractivity contribution in [2.75, 3.05) is 6.61 Å². The second kappa shape index (κ2) is 5.00. The lowest BCUT2D eigenvalue weighted by molar-refractivity contribution is 0.0555. The molecular weight excluding hydrogens is 180 g/mol. The summed E-state index contributed by atoms with van der Waals surface area (Å²) in [4.78, 5) is 11.2. The van der Waals surface area contributed by atoms with Crippen LogP contribution in [-0.2, 0) is 11.3 Å². The van der Waals surface area contributed by atoms with Crippen LogP contribution in [0.25, 0.3) is 0 Å². The fourth-order valence-electron chi connectivity index (χ4n) is 0.958. The van der Waals surface area contributed by atoms with Gasteiger partial charge in [-0.15, -0.1) is 0 Å². The van der Waals surface area contributed by atoms with Gasteiger partial charge in [0.15, 0.2) is 6.61 Å². The second-order valence-electron chi connectivity index (χ2n) is 2.64. The van der Waals surface area contributed by atoms with E-state index >= 15 is 0 Å². The van der Waals surface area contributed by atoms with E-state index in [4.69, 9.17) is 11.0 Å². The molecular formula is C10H10N2O2. The average molecular weight is 190 g/mol. The standard InChI is InChI=1S/C10H10N2O2/c11-5-6-14-10(13)9-3-1-8(7-12)2-4-9/h1-4H,6-7,12H2. The maximum Gasteiger partial charge on any atom is 0.339 e. The fraction of sp³-hybridized carbons (Fsp3) is 0.200. The first kappa shape index (κ1) is 10.2. The predicted octanol–water partition coefficient (Wildman–Crippen LogP) is 0.826. The molecule has 0 aliphatic carbocycles. The van der Waals surface area contributed by atoms with Gasteiger partial charge in [-0.25, -0.2) is 4.79 Å². The summed E-state index contributed by atoms with van der Waals surface area (Å²) in [6.07, 6.45) is 0. The molecule has 0 saturated heterocycles. The van der Waals surface area contributed by atoms with Gasteiger partial charge in [0, 0.05) is 6.54 Å². The SMILES string of the molecule is N#CCOC(=O)c1ccc(CN)cc1. The molecule has 0 aliphatic heterocycles. The first-order valence-electron chi connectivity index (χ1n) is 4.11. The third-order valence-electron chi connectivity index (χ3n) is 1.69. The van der Waals surface area contributed by atoms with Crippen LogP contribution in [0.4, 0.5) is 0 Å². The molecule has 4 nitrogen and oxygen atoms in total. The molecule has 0 amide bonds. The molecule has 0 aromatic heterocycles. The number of esters is 1. The minimum Gasteiger partial charge on any atom is -0.447 e. The van der Waals surface area contributed by atoms with Crippen molar-refractivity contribution >= 4 is 5.97 Å². The van der Waals surface area contributed by atoms with E-state index in [-0.39, 0.29) is 6.61 Å². The van der Waals surface area contributed by atoms with Gasteiger partial charge in [0.2, 0.25) is 0 Å². The molecule has 72 valence electrons. The lowest BCUT2D eigenvalue weighted by atomic mass is 10.1. The van der Waals surface area contributed by atoms with Crippen molar-refractivity contribution in [2.45, 2.75) is 6.54 Å². The van der Waals surface area contributed by atoms with Gasteiger partial charge in [-0.1, -0.05) is 12.1 Å². The van der Waals surface area contributed by atoms with Crippen molar-refractivity contribution in [3.63, 3.8) is 0 Å². The Labute approximate surface area is 81.9 Å². The van der Waals surface area contributed by atoms with Crippen molar-refractivity contribution in [2.24, 2.45) is 5.73 Å². The van der Waals surface area contributed by atoms with Gasteiger partial charge in [0.1, 0.15) is 6.07 Å². The minimum atomic E-state index is -0.491. The quantitative estimate of drug-likeness (QED) is 0.716. The van der Waals surface area contributed by atoms with Crippen LogP contribution in [0.15, 0.2) is 24.3 Å². The fourth-order valence-corrected chi connectivity index (χ4v) is 0.958. The number of nitrogens with zero attached hydrogens (tertiary/aromatic N) is 1. The Hall–Kier alpha value is -1.86. The number of hydrogen-bond donors (Lipinski definition) is 1. The summed E-state index contributed by atoms with van der Waals surface area (Å²) in [5.41, 5.74) is 6.77. The predicted molar refractivity (Wildman–Crippen MR) is 50.2 cm³/mol. The number of carbonyl (C=O) groups is 1. The molecule has 0 saturated carbocycles. The van der Waals surface area contributed by atoms with Crippen molar-refractivity contribution in [3.05, 3.63) is 35.4 Å². The Kier molecular flexibility index (Phi) is 3.65. The van der Waals surface area contributed by atoms with Crippen LogP contribution in [0.3, 0.4) is 0 Å². The molecule has 1 aromatic rings. The summed E-state index contributed by atoms with van der Waals surface area (Å²) < 4.78 is 4.62. The first-order chi connectivity index (χ1) is 6.77. The molecule has 1 rings (SSSR count). The van der Waals surface area contributed by atoms with Crippen LogP contribution in [0.1, 0.15) is 15.9 Å². The van der Waals surface area contributed by atoms with E-state index in [0.29, 0.717) is 12.1 Å². The van der Waals surface area contributed by atoms with E-state index in [1.807, 2.05) is 0 Å². The van der Waals surface area contributed by atoms with Crippen molar-refractivity contribution in [3.8, 4) is 6.07 Å². The molecule has 0 fully saturated rings. The van der Waals surface area contributed by atoms with Gasteiger partial charge in [0.05, 0.1) is 5.56 Å². The van der Waals surface area contributed by atoms with E-state index in [9.17, 15) is 4.79 Å². The zero-order valence-electron chi connectivity index (χ0n) is 7.56. The number of carbonyl (C=O) groups excluding carboxylic acids is 1. The summed E-state index contributed by atoms with van der Waals surface area (Å²) in [6.45, 7) is 0.213. The number of nitrogens with two attached hydrogens (primary N) is 1. The third-order valence-corrected chi connectivity index (χ3v) is 1.69. The highest BCUT2D eigenvalue weighted by atomic mass is 16.5. The molecule has 0 radical (unpaired) electrons. The molecule has 0 unspecified atom stereocenters. The summed E-state index contributed by atoms with van der Waals surface area (Å²) in [6, 6.07) is 8.49. The largest absolute Gasteiger partial charge is 0.447 e. The van der Waals surface area contributed by atoms with Gasteiger partial charge in [0.25, 0.3) is 0 Å². The van der Waals surface area contributed by atoms with Crippen LogP contribution in [0, 0.1) is 11.3 Å². The maximum atomic E-state index is 11.2. The highest BCUT2D eigenvalue weighted by Gasteiger charge is 2.05. The monoisotopic (exact) mass is 190 g/mol. The number of ether oxygens (including phenoxy) is 1. The van der Waals surface area contributed by atoms with Gasteiger partial charge in [-0.05, 0) is 17.7 Å². The topological polar surface area (TPSA) is 76.1 Å². The van der Waals surface area contributed by atoms with Crippen LogP contribution in [-0.4, -0.2) is 12.6 Å². The lowest BCUT2D eigenvalue weighted by Crippen LogP contribution is -2.05. The zero-order valence-corrected chi connectivity index (χ0v) is 7.56. The summed E-state index contributed by atoms with van der Waals surface area (Å²) in [7, 11) is 0. The first-order valence-corrected chi connectivity index (χ1v) is 4.11. The molecule has 0 spiro atoms. The normalized spacial score (nSPS) is 9.14. The van der Waals surface area contributed by atoms with E-state index < -0.39 is 5.97 Å². The third kappa shape index (κ3) is 2.57. The lowest BCUT2D eigenvalue weighted by Gasteiger charge is -2.01. The van der Waals surface area contributed by atoms with Crippen molar-refractivity contribution < 1.29 is 9.53 Å². The second-order valence-corrected chi connectivity index (χ2v) is 2.64. The van der Waals surface area contributed by atoms with E-state index in [1.54, 1.807) is 30.3 Å². The molecule has 0 bridgehead atoms. The van der Waals surface area contributed by atoms with Gasteiger partial charge in [-0.2, -0.15) is 5.26 Å². The van der Waals surface area contributed by atoms with Crippen LogP contribution in [0.5, 0.6) is 0 Å². The van der Waals surface area contributed by atoms with Crippen LogP contribution >= 0.6 is 0 Å². The molecule has 1 aromatic carbocycles. The van der Waals surface area contributed by atoms with E-state index in [0.717, 1.165) is 5.56 Å². The number of nitriles is 1. The maximum absolute atomic E-state index is 11.2. The Morgan fingerprint density at radius 2 is 2.07 bits per heavy atom. The Morgan fingerprint density at radius 3 is 2.57 bits per heavy atom.